The molecular weight excluding hydrogens is 264 g/mol. The van der Waals surface area contributed by atoms with Gasteiger partial charge >= 0.3 is 0 Å². The second-order valence-electron chi connectivity index (χ2n) is 6.16. The fraction of sp³-hybridized carbons (Fsp3) is 0.588. The highest BCUT2D eigenvalue weighted by atomic mass is 16.5. The predicted molar refractivity (Wildman–Crippen MR) is 84.4 cm³/mol. The third kappa shape index (κ3) is 3.56. The van der Waals surface area contributed by atoms with E-state index in [-0.39, 0.29) is 5.91 Å². The van der Waals surface area contributed by atoms with E-state index in [0.717, 1.165) is 18.6 Å². The van der Waals surface area contributed by atoms with Gasteiger partial charge in [-0.05, 0) is 48.9 Å². The van der Waals surface area contributed by atoms with Crippen LogP contribution in [0.2, 0.25) is 0 Å². The monoisotopic (exact) mass is 290 g/mol. The van der Waals surface area contributed by atoms with Crippen molar-refractivity contribution in [3.8, 4) is 5.75 Å². The highest BCUT2D eigenvalue weighted by molar-refractivity contribution is 5.85. The molecule has 0 heterocycles. The van der Waals surface area contributed by atoms with Crippen LogP contribution in [0.1, 0.15) is 45.1 Å². The summed E-state index contributed by atoms with van der Waals surface area (Å²) < 4.78 is 5.91. The van der Waals surface area contributed by atoms with Gasteiger partial charge in [-0.1, -0.05) is 32.9 Å². The summed E-state index contributed by atoms with van der Waals surface area (Å²) >= 11 is 0. The van der Waals surface area contributed by atoms with Gasteiger partial charge < -0.3 is 15.8 Å². The Morgan fingerprint density at radius 1 is 1.48 bits per heavy atom. The molecule has 4 heteroatoms. The Hall–Kier alpha value is -1.55. The first-order chi connectivity index (χ1) is 9.99. The van der Waals surface area contributed by atoms with Gasteiger partial charge in [0.05, 0.1) is 0 Å². The zero-order valence-corrected chi connectivity index (χ0v) is 13.2. The Labute approximate surface area is 127 Å². The molecule has 1 unspecified atom stereocenters. The topological polar surface area (TPSA) is 64.3 Å². The highest BCUT2D eigenvalue weighted by Crippen LogP contribution is 2.40. The molecule has 0 aliphatic heterocycles. The second-order valence-corrected chi connectivity index (χ2v) is 6.16. The van der Waals surface area contributed by atoms with Crippen molar-refractivity contribution in [1.29, 1.82) is 0 Å². The van der Waals surface area contributed by atoms with Gasteiger partial charge in [0, 0.05) is 0 Å². The summed E-state index contributed by atoms with van der Waals surface area (Å²) in [6.07, 6.45) is 2.07. The summed E-state index contributed by atoms with van der Waals surface area (Å²) in [7, 11) is 0. The predicted octanol–water partition coefficient (Wildman–Crippen LogP) is 2.43. The number of amides is 1. The van der Waals surface area contributed by atoms with Gasteiger partial charge in [0.15, 0.2) is 0 Å². The van der Waals surface area contributed by atoms with Crippen molar-refractivity contribution < 1.29 is 9.53 Å². The van der Waals surface area contributed by atoms with E-state index in [2.05, 4.69) is 25.2 Å². The molecule has 1 fully saturated rings. The Morgan fingerprint density at radius 2 is 2.19 bits per heavy atom. The minimum atomic E-state index is -0.734. The third-order valence-electron chi connectivity index (χ3n) is 4.20. The van der Waals surface area contributed by atoms with Crippen molar-refractivity contribution in [2.75, 3.05) is 13.2 Å². The fourth-order valence-electron chi connectivity index (χ4n) is 2.72. The van der Waals surface area contributed by atoms with Crippen LogP contribution >= 0.6 is 0 Å². The van der Waals surface area contributed by atoms with Gasteiger partial charge in [0.2, 0.25) is 5.91 Å². The minimum Gasteiger partial charge on any atom is -0.491 e. The molecule has 2 rings (SSSR count). The molecule has 0 radical (unpaired) electrons. The maximum atomic E-state index is 12.0. The molecule has 21 heavy (non-hydrogen) atoms. The second kappa shape index (κ2) is 6.48. The van der Waals surface area contributed by atoms with Crippen molar-refractivity contribution in [3.63, 3.8) is 0 Å². The molecule has 1 amide bonds. The number of rotatable bonds is 8. The first-order valence-electron chi connectivity index (χ1n) is 7.77. The maximum absolute atomic E-state index is 12.0. The van der Waals surface area contributed by atoms with E-state index >= 15 is 0 Å². The zero-order valence-electron chi connectivity index (χ0n) is 13.2. The molecule has 0 bridgehead atoms. The largest absolute Gasteiger partial charge is 0.491 e. The van der Waals surface area contributed by atoms with Crippen LogP contribution in [0.3, 0.4) is 0 Å². The molecule has 1 aliphatic rings. The van der Waals surface area contributed by atoms with E-state index in [1.807, 2.05) is 25.1 Å². The summed E-state index contributed by atoms with van der Waals surface area (Å²) in [5, 5.41) is 3.27. The van der Waals surface area contributed by atoms with Gasteiger partial charge in [-0.15, -0.1) is 0 Å². The van der Waals surface area contributed by atoms with Gasteiger partial charge in [0.1, 0.15) is 17.9 Å². The lowest BCUT2D eigenvalue weighted by Crippen LogP contribution is -2.61. The number of hydrogen-bond donors (Lipinski definition) is 2. The smallest absolute Gasteiger partial charge is 0.241 e. The lowest BCUT2D eigenvalue weighted by atomic mass is 9.93. The number of nitrogens with two attached hydrogens (primary N) is 1. The van der Waals surface area contributed by atoms with E-state index in [1.54, 1.807) is 0 Å². The lowest BCUT2D eigenvalue weighted by Gasteiger charge is -2.31. The van der Waals surface area contributed by atoms with Crippen LogP contribution in [0.15, 0.2) is 24.3 Å². The van der Waals surface area contributed by atoms with Crippen LogP contribution in [-0.4, -0.2) is 24.6 Å². The van der Waals surface area contributed by atoms with E-state index in [9.17, 15) is 4.79 Å². The molecule has 1 aromatic rings. The van der Waals surface area contributed by atoms with Crippen LogP contribution in [0.5, 0.6) is 5.75 Å². The van der Waals surface area contributed by atoms with E-state index in [1.165, 1.54) is 5.56 Å². The average Bonchev–Trinajstić information content (AvgIpc) is 3.28. The summed E-state index contributed by atoms with van der Waals surface area (Å²) in [5.74, 6) is 1.23. The Balaban J connectivity index is 2.11. The Morgan fingerprint density at radius 3 is 2.71 bits per heavy atom. The van der Waals surface area contributed by atoms with Crippen LogP contribution < -0.4 is 15.8 Å². The number of likely N-dealkylation sites (N-methyl/N-ethyl adjacent to an activating group) is 1. The zero-order chi connectivity index (χ0) is 15.5. The highest BCUT2D eigenvalue weighted by Gasteiger charge is 2.50. The molecule has 0 saturated heterocycles. The van der Waals surface area contributed by atoms with E-state index in [4.69, 9.17) is 10.5 Å². The SMILES string of the molecule is CCNC(COc1cccc(C(C)C)c1)(C(N)=O)C1CC1. The molecule has 0 aromatic heterocycles. The molecule has 0 spiro atoms. The first-order valence-corrected chi connectivity index (χ1v) is 7.77. The average molecular weight is 290 g/mol. The minimum absolute atomic E-state index is 0.294. The molecular formula is C17H26N2O2. The molecule has 116 valence electrons. The summed E-state index contributed by atoms with van der Waals surface area (Å²) in [5.41, 5.74) is 6.15. The van der Waals surface area contributed by atoms with Crippen molar-refractivity contribution in [2.24, 2.45) is 11.7 Å². The number of primary amides is 1. The number of benzene rings is 1. The quantitative estimate of drug-likeness (QED) is 0.773. The van der Waals surface area contributed by atoms with Gasteiger partial charge in [-0.3, -0.25) is 4.79 Å². The Kier molecular flexibility index (Phi) is 4.88. The Bertz CT molecular complexity index is 497. The van der Waals surface area contributed by atoms with Crippen molar-refractivity contribution >= 4 is 5.91 Å². The summed E-state index contributed by atoms with van der Waals surface area (Å²) in [6, 6.07) is 8.04. The van der Waals surface area contributed by atoms with E-state index in [0.29, 0.717) is 25.0 Å². The summed E-state index contributed by atoms with van der Waals surface area (Å²) in [6.45, 7) is 7.28. The molecule has 1 aromatic carbocycles. The first kappa shape index (κ1) is 15.8. The third-order valence-corrected chi connectivity index (χ3v) is 4.20. The van der Waals surface area contributed by atoms with Crippen molar-refractivity contribution in [1.82, 2.24) is 5.32 Å². The number of ether oxygens (including phenoxy) is 1. The fourth-order valence-corrected chi connectivity index (χ4v) is 2.72. The van der Waals surface area contributed by atoms with Crippen LogP contribution in [-0.2, 0) is 4.79 Å². The van der Waals surface area contributed by atoms with Gasteiger partial charge in [-0.2, -0.15) is 0 Å². The molecule has 1 aliphatic carbocycles. The van der Waals surface area contributed by atoms with Crippen LogP contribution in [0.4, 0.5) is 0 Å². The number of carbonyl (C=O) groups is 1. The molecule has 3 N–H and O–H groups in total. The number of hydrogen-bond acceptors (Lipinski definition) is 3. The lowest BCUT2D eigenvalue weighted by molar-refractivity contribution is -0.126. The van der Waals surface area contributed by atoms with Crippen molar-refractivity contribution in [3.05, 3.63) is 29.8 Å². The molecule has 4 nitrogen and oxygen atoms in total. The standard InChI is InChI=1S/C17H26N2O2/c1-4-19-17(16(18)20,14-8-9-14)11-21-15-7-5-6-13(10-15)12(2)3/h5-7,10,12,14,19H,4,8-9,11H2,1-3H3,(H2,18,20). The normalized spacial score (nSPS) is 17.5. The number of nitrogens with one attached hydrogen (secondary N) is 1. The van der Waals surface area contributed by atoms with Gasteiger partial charge in [0.25, 0.3) is 0 Å². The molecule has 1 atom stereocenters. The van der Waals surface area contributed by atoms with Crippen LogP contribution in [0, 0.1) is 5.92 Å². The van der Waals surface area contributed by atoms with Crippen LogP contribution in [0.25, 0.3) is 0 Å². The van der Waals surface area contributed by atoms with Gasteiger partial charge in [-0.25, -0.2) is 0 Å². The number of carbonyl (C=O) groups excluding carboxylic acids is 1. The molecule has 1 saturated carbocycles. The summed E-state index contributed by atoms with van der Waals surface area (Å²) in [4.78, 5) is 12.0. The van der Waals surface area contributed by atoms with E-state index < -0.39 is 5.54 Å². The maximum Gasteiger partial charge on any atom is 0.241 e. The van der Waals surface area contributed by atoms with Crippen molar-refractivity contribution in [2.45, 2.75) is 45.1 Å².